The van der Waals surface area contributed by atoms with Crippen molar-refractivity contribution in [2.75, 3.05) is 31.5 Å². The molecule has 5 rings (SSSR count). The first kappa shape index (κ1) is 23.7. The van der Waals surface area contributed by atoms with Gasteiger partial charge in [-0.05, 0) is 35.4 Å². The number of halogens is 1. The van der Waals surface area contributed by atoms with Crippen LogP contribution in [-0.4, -0.2) is 42.0 Å². The maximum absolute atomic E-state index is 12.6. The summed E-state index contributed by atoms with van der Waals surface area (Å²) in [5.41, 5.74) is 5.16. The number of amides is 1. The van der Waals surface area contributed by atoms with Gasteiger partial charge in [0.05, 0.1) is 11.3 Å². The number of hydrogen-bond donors (Lipinski definition) is 2. The molecular formula is C27H27ClN4O2. The Bertz CT molecular complexity index is 1280. The van der Waals surface area contributed by atoms with Crippen LogP contribution in [0.1, 0.15) is 11.1 Å². The number of oxazole rings is 1. The molecule has 3 aromatic carbocycles. The molecule has 4 aromatic rings. The summed E-state index contributed by atoms with van der Waals surface area (Å²) in [6.07, 6.45) is 3.32. The molecule has 0 bridgehead atoms. The first-order valence-electron chi connectivity index (χ1n) is 11.2. The molecule has 2 heterocycles. The zero-order chi connectivity index (χ0) is 22.5. The molecule has 1 fully saturated rings. The molecule has 0 spiro atoms. The first-order chi connectivity index (χ1) is 16.3. The third kappa shape index (κ3) is 5.54. The van der Waals surface area contributed by atoms with E-state index in [1.54, 1.807) is 6.08 Å². The van der Waals surface area contributed by atoms with Gasteiger partial charge in [-0.2, -0.15) is 0 Å². The van der Waals surface area contributed by atoms with Gasteiger partial charge < -0.3 is 15.1 Å². The lowest BCUT2D eigenvalue weighted by molar-refractivity contribution is -0.111. The van der Waals surface area contributed by atoms with Crippen molar-refractivity contribution in [1.29, 1.82) is 0 Å². The average Bonchev–Trinajstić information content (AvgIpc) is 3.30. The van der Waals surface area contributed by atoms with Crippen LogP contribution in [0.5, 0.6) is 0 Å². The zero-order valence-electron chi connectivity index (χ0n) is 18.7. The van der Waals surface area contributed by atoms with E-state index in [2.05, 4.69) is 21.6 Å². The summed E-state index contributed by atoms with van der Waals surface area (Å²) >= 11 is 0. The second-order valence-corrected chi connectivity index (χ2v) is 8.09. The van der Waals surface area contributed by atoms with Gasteiger partial charge >= 0.3 is 0 Å². The normalized spacial score (nSPS) is 14.2. The molecule has 174 valence electrons. The SMILES string of the molecule is Cl.O=C(/C=C/c1ccccc1)Nc1ccccc1-c1nc2c(CN3CCNCC3)cccc2o1. The smallest absolute Gasteiger partial charge is 0.248 e. The number of carbonyl (C=O) groups excluding carboxylic acids is 1. The van der Waals surface area contributed by atoms with Gasteiger partial charge in [0.1, 0.15) is 5.52 Å². The number of benzene rings is 3. The molecule has 0 atom stereocenters. The van der Waals surface area contributed by atoms with Crippen molar-refractivity contribution in [3.05, 3.63) is 90.0 Å². The Balaban J connectivity index is 0.00000274. The quantitative estimate of drug-likeness (QED) is 0.386. The van der Waals surface area contributed by atoms with Crippen molar-refractivity contribution < 1.29 is 9.21 Å². The number of piperazine rings is 1. The third-order valence-electron chi connectivity index (χ3n) is 5.75. The Morgan fingerprint density at radius 2 is 1.76 bits per heavy atom. The van der Waals surface area contributed by atoms with Gasteiger partial charge in [-0.15, -0.1) is 12.4 Å². The number of anilines is 1. The Kier molecular flexibility index (Phi) is 7.75. The molecule has 0 saturated carbocycles. The van der Waals surface area contributed by atoms with Crippen LogP contribution in [-0.2, 0) is 11.3 Å². The molecule has 7 heteroatoms. The number of carbonyl (C=O) groups is 1. The van der Waals surface area contributed by atoms with Gasteiger partial charge in [-0.1, -0.05) is 54.6 Å². The van der Waals surface area contributed by atoms with Crippen molar-refractivity contribution in [2.45, 2.75) is 6.54 Å². The second kappa shape index (κ2) is 11.1. The Morgan fingerprint density at radius 3 is 2.59 bits per heavy atom. The molecule has 1 aromatic heterocycles. The molecule has 34 heavy (non-hydrogen) atoms. The van der Waals surface area contributed by atoms with E-state index in [1.807, 2.05) is 66.7 Å². The molecule has 1 amide bonds. The van der Waals surface area contributed by atoms with Crippen LogP contribution in [0, 0.1) is 0 Å². The lowest BCUT2D eigenvalue weighted by atomic mass is 10.1. The predicted octanol–water partition coefficient (Wildman–Crippen LogP) is 4.97. The summed E-state index contributed by atoms with van der Waals surface area (Å²) in [5.74, 6) is 0.294. The summed E-state index contributed by atoms with van der Waals surface area (Å²) in [4.78, 5) is 19.8. The van der Waals surface area contributed by atoms with Crippen LogP contribution in [0.4, 0.5) is 5.69 Å². The fraction of sp³-hybridized carbons (Fsp3) is 0.185. The predicted molar refractivity (Wildman–Crippen MR) is 139 cm³/mol. The minimum Gasteiger partial charge on any atom is -0.436 e. The number of fused-ring (bicyclic) bond motifs is 1. The first-order valence-corrected chi connectivity index (χ1v) is 11.2. The molecule has 2 N–H and O–H groups in total. The zero-order valence-corrected chi connectivity index (χ0v) is 19.6. The Morgan fingerprint density at radius 1 is 1.00 bits per heavy atom. The highest BCUT2D eigenvalue weighted by Gasteiger charge is 2.17. The average molecular weight is 475 g/mol. The van der Waals surface area contributed by atoms with Crippen LogP contribution < -0.4 is 10.6 Å². The maximum atomic E-state index is 12.6. The standard InChI is InChI=1S/C27H26N4O2.ClH/c32-25(14-13-20-7-2-1-3-8-20)29-23-11-5-4-10-22(23)27-30-26-21(9-6-12-24(26)33-27)19-31-17-15-28-16-18-31;/h1-14,28H,15-19H2,(H,29,32);1H/b14-13+;. The molecule has 0 aliphatic carbocycles. The van der Waals surface area contributed by atoms with Crippen molar-refractivity contribution >= 4 is 41.2 Å². The van der Waals surface area contributed by atoms with E-state index in [4.69, 9.17) is 9.40 Å². The number of para-hydroxylation sites is 2. The van der Waals surface area contributed by atoms with Gasteiger partial charge in [0.15, 0.2) is 5.58 Å². The minimum atomic E-state index is -0.207. The third-order valence-corrected chi connectivity index (χ3v) is 5.75. The van der Waals surface area contributed by atoms with E-state index in [-0.39, 0.29) is 18.3 Å². The van der Waals surface area contributed by atoms with Crippen molar-refractivity contribution in [1.82, 2.24) is 15.2 Å². The van der Waals surface area contributed by atoms with Gasteiger partial charge in [0, 0.05) is 38.8 Å². The fourth-order valence-corrected chi connectivity index (χ4v) is 4.05. The van der Waals surface area contributed by atoms with Crippen molar-refractivity contribution in [3.63, 3.8) is 0 Å². The van der Waals surface area contributed by atoms with Gasteiger partial charge in [0.25, 0.3) is 0 Å². The summed E-state index contributed by atoms with van der Waals surface area (Å²) in [6, 6.07) is 23.4. The molecule has 1 aliphatic heterocycles. The van der Waals surface area contributed by atoms with Crippen LogP contribution in [0.15, 0.2) is 83.3 Å². The molecule has 6 nitrogen and oxygen atoms in total. The molecule has 0 unspecified atom stereocenters. The number of nitrogens with zero attached hydrogens (tertiary/aromatic N) is 2. The second-order valence-electron chi connectivity index (χ2n) is 8.09. The summed E-state index contributed by atoms with van der Waals surface area (Å²) in [5, 5.41) is 6.35. The van der Waals surface area contributed by atoms with Crippen LogP contribution in [0.2, 0.25) is 0 Å². The minimum absolute atomic E-state index is 0. The monoisotopic (exact) mass is 474 g/mol. The Labute approximate surface area is 205 Å². The van der Waals surface area contributed by atoms with E-state index < -0.39 is 0 Å². The lowest BCUT2D eigenvalue weighted by Crippen LogP contribution is -2.42. The topological polar surface area (TPSA) is 70.4 Å². The Hall–Kier alpha value is -3.45. The van der Waals surface area contributed by atoms with E-state index in [0.29, 0.717) is 11.6 Å². The highest BCUT2D eigenvalue weighted by atomic mass is 35.5. The molecule has 0 radical (unpaired) electrons. The number of rotatable bonds is 6. The summed E-state index contributed by atoms with van der Waals surface area (Å²) in [6.45, 7) is 4.89. The number of hydrogen-bond acceptors (Lipinski definition) is 5. The van der Waals surface area contributed by atoms with Gasteiger partial charge in [-0.25, -0.2) is 4.98 Å². The van der Waals surface area contributed by atoms with Crippen LogP contribution in [0.25, 0.3) is 28.6 Å². The van der Waals surface area contributed by atoms with E-state index in [0.717, 1.165) is 60.5 Å². The largest absolute Gasteiger partial charge is 0.436 e. The van der Waals surface area contributed by atoms with Crippen molar-refractivity contribution in [3.8, 4) is 11.5 Å². The van der Waals surface area contributed by atoms with Crippen LogP contribution in [0.3, 0.4) is 0 Å². The van der Waals surface area contributed by atoms with E-state index in [1.165, 1.54) is 6.08 Å². The molecule has 1 saturated heterocycles. The number of aromatic nitrogens is 1. The van der Waals surface area contributed by atoms with E-state index in [9.17, 15) is 4.79 Å². The maximum Gasteiger partial charge on any atom is 0.248 e. The highest BCUT2D eigenvalue weighted by Crippen LogP contribution is 2.31. The molecule has 1 aliphatic rings. The summed E-state index contributed by atoms with van der Waals surface area (Å²) in [7, 11) is 0. The molecular weight excluding hydrogens is 448 g/mol. The van der Waals surface area contributed by atoms with Gasteiger partial charge in [0.2, 0.25) is 11.8 Å². The summed E-state index contributed by atoms with van der Waals surface area (Å²) < 4.78 is 6.12. The van der Waals surface area contributed by atoms with Crippen LogP contribution >= 0.6 is 12.4 Å². The fourth-order valence-electron chi connectivity index (χ4n) is 4.05. The van der Waals surface area contributed by atoms with Gasteiger partial charge in [-0.3, -0.25) is 9.69 Å². The lowest BCUT2D eigenvalue weighted by Gasteiger charge is -2.27. The highest BCUT2D eigenvalue weighted by molar-refractivity contribution is 6.04. The number of nitrogens with one attached hydrogen (secondary N) is 2. The van der Waals surface area contributed by atoms with Crippen molar-refractivity contribution in [2.24, 2.45) is 0 Å². The van der Waals surface area contributed by atoms with E-state index >= 15 is 0 Å².